The summed E-state index contributed by atoms with van der Waals surface area (Å²) in [5.74, 6) is 1.54. The minimum Gasteiger partial charge on any atom is -0.368 e. The highest BCUT2D eigenvalue weighted by molar-refractivity contribution is 5.92. The van der Waals surface area contributed by atoms with Crippen LogP contribution in [0, 0.1) is 20.8 Å². The third kappa shape index (κ3) is 4.21. The zero-order chi connectivity index (χ0) is 22.9. The van der Waals surface area contributed by atoms with Crippen LogP contribution in [0.15, 0.2) is 53.6 Å². The predicted molar refractivity (Wildman–Crippen MR) is 123 cm³/mol. The average molecular weight is 444 g/mol. The summed E-state index contributed by atoms with van der Waals surface area (Å²) in [6.07, 6.45) is 4.98. The molecule has 0 N–H and O–H groups in total. The zero-order valence-corrected chi connectivity index (χ0v) is 18.9. The van der Waals surface area contributed by atoms with Gasteiger partial charge in [0.05, 0.1) is 0 Å². The lowest BCUT2D eigenvalue weighted by molar-refractivity contribution is 0.0741. The molecule has 168 valence electrons. The summed E-state index contributed by atoms with van der Waals surface area (Å²) in [5, 5.41) is 3.83. The van der Waals surface area contributed by atoms with Crippen LogP contribution in [0.3, 0.4) is 0 Å². The fraction of sp³-hybridized carbons (Fsp3) is 0.292. The number of hydrogen-bond acceptors (Lipinski definition) is 7. The van der Waals surface area contributed by atoms with Crippen molar-refractivity contribution < 1.29 is 9.32 Å². The number of amides is 1. The lowest BCUT2D eigenvalue weighted by atomic mass is 10.1. The van der Waals surface area contributed by atoms with E-state index in [4.69, 9.17) is 4.52 Å². The second kappa shape index (κ2) is 8.50. The van der Waals surface area contributed by atoms with Gasteiger partial charge in [-0.2, -0.15) is 4.98 Å². The van der Waals surface area contributed by atoms with E-state index in [0.29, 0.717) is 36.3 Å². The van der Waals surface area contributed by atoms with Crippen LogP contribution in [0.4, 0.5) is 5.69 Å². The van der Waals surface area contributed by atoms with Gasteiger partial charge in [-0.3, -0.25) is 9.36 Å². The first kappa shape index (κ1) is 20.9. The first-order chi connectivity index (χ1) is 16.0. The molecule has 0 spiro atoms. The molecular formula is C24H25N7O2. The highest BCUT2D eigenvalue weighted by Gasteiger charge is 2.24. The maximum absolute atomic E-state index is 13.1. The van der Waals surface area contributed by atoms with Gasteiger partial charge in [0.1, 0.15) is 17.8 Å². The van der Waals surface area contributed by atoms with Gasteiger partial charge < -0.3 is 14.3 Å². The van der Waals surface area contributed by atoms with Gasteiger partial charge in [0.15, 0.2) is 5.82 Å². The van der Waals surface area contributed by atoms with E-state index < -0.39 is 0 Å². The van der Waals surface area contributed by atoms with Crippen molar-refractivity contribution in [2.75, 3.05) is 31.1 Å². The SMILES string of the molecule is Cc1ccc(N2CCN(C(=O)c3cn(-c4cc(-c5nc(C)no5)ccn4)cn3)CC2)c(C)c1. The molecule has 0 atom stereocenters. The van der Waals surface area contributed by atoms with Crippen LogP contribution in [0.2, 0.25) is 0 Å². The van der Waals surface area contributed by atoms with Gasteiger partial charge in [0, 0.05) is 49.8 Å². The molecule has 33 heavy (non-hydrogen) atoms. The van der Waals surface area contributed by atoms with Gasteiger partial charge in [0.2, 0.25) is 0 Å². The van der Waals surface area contributed by atoms with E-state index in [-0.39, 0.29) is 5.91 Å². The summed E-state index contributed by atoms with van der Waals surface area (Å²) in [4.78, 5) is 30.2. The molecule has 9 nitrogen and oxygen atoms in total. The molecule has 0 radical (unpaired) electrons. The number of nitrogens with zero attached hydrogens (tertiary/aromatic N) is 7. The Morgan fingerprint density at radius 2 is 1.82 bits per heavy atom. The third-order valence-electron chi connectivity index (χ3n) is 5.85. The summed E-state index contributed by atoms with van der Waals surface area (Å²) in [6.45, 7) is 8.91. The first-order valence-electron chi connectivity index (χ1n) is 10.9. The Balaban J connectivity index is 1.27. The number of aromatic nitrogens is 5. The van der Waals surface area contributed by atoms with Crippen LogP contribution in [0.5, 0.6) is 0 Å². The van der Waals surface area contributed by atoms with Crippen LogP contribution in [0.1, 0.15) is 27.4 Å². The summed E-state index contributed by atoms with van der Waals surface area (Å²) in [7, 11) is 0. The smallest absolute Gasteiger partial charge is 0.274 e. The number of carbonyl (C=O) groups excluding carboxylic acids is 1. The highest BCUT2D eigenvalue weighted by atomic mass is 16.5. The molecule has 0 bridgehead atoms. The van der Waals surface area contributed by atoms with Crippen LogP contribution in [-0.2, 0) is 0 Å². The van der Waals surface area contributed by atoms with Crippen molar-refractivity contribution in [3.05, 3.63) is 71.7 Å². The molecule has 3 aromatic heterocycles. The van der Waals surface area contributed by atoms with Crippen LogP contribution in [-0.4, -0.2) is 61.7 Å². The second-order valence-electron chi connectivity index (χ2n) is 8.28. The van der Waals surface area contributed by atoms with E-state index in [1.54, 1.807) is 36.3 Å². The topological polar surface area (TPSA) is 93.2 Å². The monoisotopic (exact) mass is 443 g/mol. The molecule has 0 saturated carbocycles. The molecule has 1 fully saturated rings. The van der Waals surface area contributed by atoms with Gasteiger partial charge in [0.25, 0.3) is 11.8 Å². The number of benzene rings is 1. The molecule has 1 amide bonds. The Morgan fingerprint density at radius 1 is 1.00 bits per heavy atom. The fourth-order valence-corrected chi connectivity index (χ4v) is 4.14. The van der Waals surface area contributed by atoms with Gasteiger partial charge in [-0.1, -0.05) is 22.9 Å². The minimum atomic E-state index is -0.0716. The molecule has 0 unspecified atom stereocenters. The quantitative estimate of drug-likeness (QED) is 0.478. The van der Waals surface area contributed by atoms with Crippen molar-refractivity contribution >= 4 is 11.6 Å². The van der Waals surface area contributed by atoms with Crippen LogP contribution < -0.4 is 4.90 Å². The van der Waals surface area contributed by atoms with Crippen molar-refractivity contribution in [1.82, 2.24) is 29.6 Å². The number of anilines is 1. The van der Waals surface area contributed by atoms with Crippen LogP contribution in [0.25, 0.3) is 17.3 Å². The van der Waals surface area contributed by atoms with Crippen molar-refractivity contribution in [3.63, 3.8) is 0 Å². The number of pyridine rings is 1. The largest absolute Gasteiger partial charge is 0.368 e. The summed E-state index contributed by atoms with van der Waals surface area (Å²) >= 11 is 0. The number of carbonyl (C=O) groups is 1. The van der Waals surface area contributed by atoms with E-state index in [1.165, 1.54) is 16.8 Å². The Labute approximate surface area is 191 Å². The standard InChI is InChI=1S/C24H25N7O2/c1-16-4-5-21(17(2)12-16)29-8-10-30(11-9-29)24(32)20-14-31(15-26-20)22-13-19(6-7-25-22)23-27-18(3)28-33-23/h4-7,12-15H,8-11H2,1-3H3. The number of hydrogen-bond donors (Lipinski definition) is 0. The number of piperazine rings is 1. The Morgan fingerprint density at radius 3 is 2.55 bits per heavy atom. The van der Waals surface area contributed by atoms with Crippen molar-refractivity contribution in [1.29, 1.82) is 0 Å². The van der Waals surface area contributed by atoms with E-state index in [9.17, 15) is 4.79 Å². The predicted octanol–water partition coefficient (Wildman–Crippen LogP) is 3.20. The van der Waals surface area contributed by atoms with Crippen molar-refractivity contribution in [3.8, 4) is 17.3 Å². The lowest BCUT2D eigenvalue weighted by Gasteiger charge is -2.36. The highest BCUT2D eigenvalue weighted by Crippen LogP contribution is 2.23. The summed E-state index contributed by atoms with van der Waals surface area (Å²) in [6, 6.07) is 10.1. The van der Waals surface area contributed by atoms with Gasteiger partial charge in [-0.15, -0.1) is 0 Å². The fourth-order valence-electron chi connectivity index (χ4n) is 4.14. The van der Waals surface area contributed by atoms with Gasteiger partial charge in [-0.05, 0) is 44.5 Å². The molecule has 5 rings (SSSR count). The van der Waals surface area contributed by atoms with Gasteiger partial charge >= 0.3 is 0 Å². The normalized spacial score (nSPS) is 14.0. The lowest BCUT2D eigenvalue weighted by Crippen LogP contribution is -2.49. The van der Waals surface area contributed by atoms with E-state index in [1.807, 2.05) is 11.0 Å². The Kier molecular flexibility index (Phi) is 5.37. The van der Waals surface area contributed by atoms with Crippen molar-refractivity contribution in [2.24, 2.45) is 0 Å². The Hall–Kier alpha value is -4.01. The molecule has 1 aliphatic heterocycles. The molecule has 1 aliphatic rings. The molecule has 1 saturated heterocycles. The minimum absolute atomic E-state index is 0.0716. The molecule has 4 aromatic rings. The maximum atomic E-state index is 13.1. The third-order valence-corrected chi connectivity index (χ3v) is 5.85. The molecular weight excluding hydrogens is 418 g/mol. The zero-order valence-electron chi connectivity index (χ0n) is 18.9. The first-order valence-corrected chi connectivity index (χ1v) is 10.9. The summed E-state index contributed by atoms with van der Waals surface area (Å²) in [5.41, 5.74) is 4.91. The molecule has 9 heteroatoms. The molecule has 1 aromatic carbocycles. The van der Waals surface area contributed by atoms with Crippen molar-refractivity contribution in [2.45, 2.75) is 20.8 Å². The number of aryl methyl sites for hydroxylation is 3. The molecule has 0 aliphatic carbocycles. The van der Waals surface area contributed by atoms with Crippen LogP contribution >= 0.6 is 0 Å². The van der Waals surface area contributed by atoms with E-state index >= 15 is 0 Å². The number of rotatable bonds is 4. The summed E-state index contributed by atoms with van der Waals surface area (Å²) < 4.78 is 6.97. The van der Waals surface area contributed by atoms with Gasteiger partial charge in [-0.25, -0.2) is 9.97 Å². The number of imidazole rings is 1. The average Bonchev–Trinajstić information content (AvgIpc) is 3.49. The second-order valence-corrected chi connectivity index (χ2v) is 8.28. The van der Waals surface area contributed by atoms with E-state index in [2.05, 4.69) is 57.1 Å². The molecule has 4 heterocycles. The maximum Gasteiger partial charge on any atom is 0.274 e. The van der Waals surface area contributed by atoms with E-state index in [0.717, 1.165) is 18.7 Å². The Bertz CT molecular complexity index is 1300.